The van der Waals surface area contributed by atoms with Crippen LogP contribution in [0, 0.1) is 0 Å². The molecule has 0 atom stereocenters. The highest BCUT2D eigenvalue weighted by Gasteiger charge is 2.18. The third-order valence-corrected chi connectivity index (χ3v) is 2.53. The highest BCUT2D eigenvalue weighted by molar-refractivity contribution is 6.30. The number of hydrogen-bond acceptors (Lipinski definition) is 3. The normalized spacial score (nSPS) is 9.85. The number of amides is 3. The van der Waals surface area contributed by atoms with Gasteiger partial charge in [-0.3, -0.25) is 9.59 Å². The van der Waals surface area contributed by atoms with Crippen molar-refractivity contribution in [1.29, 1.82) is 0 Å². The molecule has 0 fully saturated rings. The van der Waals surface area contributed by atoms with Crippen molar-refractivity contribution in [3.05, 3.63) is 34.9 Å². The maximum atomic E-state index is 11.8. The molecule has 3 amide bonds. The number of aliphatic carboxylic acids is 1. The van der Waals surface area contributed by atoms with Crippen molar-refractivity contribution in [1.82, 2.24) is 10.2 Å². The molecule has 20 heavy (non-hydrogen) atoms. The van der Waals surface area contributed by atoms with Gasteiger partial charge in [-0.25, -0.2) is 4.79 Å². The Morgan fingerprint density at radius 3 is 2.55 bits per heavy atom. The highest BCUT2D eigenvalue weighted by Crippen LogP contribution is 2.10. The molecule has 0 saturated carbocycles. The van der Waals surface area contributed by atoms with Gasteiger partial charge < -0.3 is 21.1 Å². The third kappa shape index (κ3) is 5.57. The number of carboxylic acids is 1. The number of nitrogens with two attached hydrogens (primary N) is 1. The van der Waals surface area contributed by atoms with E-state index >= 15 is 0 Å². The number of primary amides is 1. The van der Waals surface area contributed by atoms with E-state index in [1.807, 2.05) is 0 Å². The Labute approximate surface area is 120 Å². The average Bonchev–Trinajstić information content (AvgIpc) is 2.34. The van der Waals surface area contributed by atoms with E-state index in [1.165, 1.54) is 0 Å². The number of nitrogens with zero attached hydrogens (tertiary/aromatic N) is 1. The van der Waals surface area contributed by atoms with Gasteiger partial charge in [0.1, 0.15) is 13.1 Å². The van der Waals surface area contributed by atoms with Gasteiger partial charge in [0.2, 0.25) is 5.91 Å². The fourth-order valence-electron chi connectivity index (χ4n) is 1.49. The monoisotopic (exact) mass is 299 g/mol. The molecule has 0 aliphatic rings. The van der Waals surface area contributed by atoms with Gasteiger partial charge in [0.05, 0.1) is 0 Å². The fraction of sp³-hybridized carbons (Fsp3) is 0.250. The molecule has 8 heteroatoms. The Hall–Kier alpha value is -2.28. The summed E-state index contributed by atoms with van der Waals surface area (Å²) in [5, 5.41) is 11.7. The predicted molar refractivity (Wildman–Crippen MR) is 72.1 cm³/mol. The van der Waals surface area contributed by atoms with Gasteiger partial charge in [-0.05, 0) is 17.7 Å². The molecule has 0 unspecified atom stereocenters. The molecule has 0 aromatic heterocycles. The van der Waals surface area contributed by atoms with Crippen LogP contribution in [0.15, 0.2) is 24.3 Å². The van der Waals surface area contributed by atoms with E-state index < -0.39 is 31.0 Å². The number of carbonyl (C=O) groups is 3. The number of carboxylic acid groups (broad SMARTS) is 1. The van der Waals surface area contributed by atoms with Gasteiger partial charge in [-0.1, -0.05) is 23.7 Å². The molecule has 4 N–H and O–H groups in total. The molecule has 0 radical (unpaired) electrons. The molecule has 1 rings (SSSR count). The number of halogens is 1. The number of hydrogen-bond donors (Lipinski definition) is 3. The van der Waals surface area contributed by atoms with Crippen molar-refractivity contribution in [3.63, 3.8) is 0 Å². The minimum Gasteiger partial charge on any atom is -0.480 e. The van der Waals surface area contributed by atoms with Crippen LogP contribution >= 0.6 is 11.6 Å². The minimum atomic E-state index is -1.23. The van der Waals surface area contributed by atoms with Crippen LogP contribution < -0.4 is 11.1 Å². The Morgan fingerprint density at radius 2 is 2.00 bits per heavy atom. The molecule has 0 bridgehead atoms. The Morgan fingerprint density at radius 1 is 1.30 bits per heavy atom. The van der Waals surface area contributed by atoms with Crippen LogP contribution in [0.2, 0.25) is 5.02 Å². The van der Waals surface area contributed by atoms with Gasteiger partial charge in [-0.2, -0.15) is 0 Å². The smallest absolute Gasteiger partial charge is 0.323 e. The lowest BCUT2D eigenvalue weighted by Gasteiger charge is -2.19. The fourth-order valence-corrected chi connectivity index (χ4v) is 1.70. The number of benzene rings is 1. The third-order valence-electron chi connectivity index (χ3n) is 2.29. The first kappa shape index (κ1) is 15.8. The van der Waals surface area contributed by atoms with E-state index in [-0.39, 0.29) is 6.54 Å². The number of nitrogens with one attached hydrogen (secondary N) is 1. The Bertz CT molecular complexity index is 505. The summed E-state index contributed by atoms with van der Waals surface area (Å²) in [6, 6.07) is 6.14. The van der Waals surface area contributed by atoms with Crippen molar-refractivity contribution in [2.24, 2.45) is 5.73 Å². The number of carbonyl (C=O) groups excluding carboxylic acids is 2. The maximum absolute atomic E-state index is 11.8. The first-order chi connectivity index (χ1) is 9.38. The van der Waals surface area contributed by atoms with E-state index in [1.54, 1.807) is 24.3 Å². The summed E-state index contributed by atoms with van der Waals surface area (Å²) in [7, 11) is 0. The summed E-state index contributed by atoms with van der Waals surface area (Å²) in [5.41, 5.74) is 5.71. The van der Waals surface area contributed by atoms with Gasteiger partial charge in [0.15, 0.2) is 0 Å². The van der Waals surface area contributed by atoms with Crippen LogP contribution in [0.5, 0.6) is 0 Å². The van der Waals surface area contributed by atoms with Crippen LogP contribution in [-0.4, -0.2) is 41.0 Å². The molecule has 0 aliphatic heterocycles. The zero-order chi connectivity index (χ0) is 15.1. The number of urea groups is 1. The van der Waals surface area contributed by atoms with Gasteiger partial charge in [0, 0.05) is 11.6 Å². The van der Waals surface area contributed by atoms with Crippen molar-refractivity contribution in [2.45, 2.75) is 6.54 Å². The molecule has 1 aromatic rings. The standard InChI is InChI=1S/C12H14ClN3O4/c13-9-3-1-2-8(4-9)5-15-12(20)16(6-10(14)17)7-11(18)19/h1-4H,5-7H2,(H2,14,17)(H,15,20)(H,18,19). The highest BCUT2D eigenvalue weighted by atomic mass is 35.5. The second kappa shape index (κ2) is 7.34. The summed E-state index contributed by atoms with van der Waals surface area (Å²) < 4.78 is 0. The second-order valence-corrected chi connectivity index (χ2v) is 4.44. The molecule has 108 valence electrons. The molecule has 0 aliphatic carbocycles. The summed E-state index contributed by atoms with van der Waals surface area (Å²) in [4.78, 5) is 34.0. The summed E-state index contributed by atoms with van der Waals surface area (Å²) in [5.74, 6) is -2.02. The molecule has 7 nitrogen and oxygen atoms in total. The Kier molecular flexibility index (Phi) is 5.79. The van der Waals surface area contributed by atoms with Crippen molar-refractivity contribution in [2.75, 3.05) is 13.1 Å². The Balaban J connectivity index is 2.61. The summed E-state index contributed by atoms with van der Waals surface area (Å²) in [6.45, 7) is -0.910. The largest absolute Gasteiger partial charge is 0.480 e. The lowest BCUT2D eigenvalue weighted by Crippen LogP contribution is -2.46. The van der Waals surface area contributed by atoms with E-state index in [2.05, 4.69) is 5.32 Å². The SMILES string of the molecule is NC(=O)CN(CC(=O)O)C(=O)NCc1cccc(Cl)c1. The minimum absolute atomic E-state index is 0.161. The van der Waals surface area contributed by atoms with E-state index in [0.29, 0.717) is 5.02 Å². The van der Waals surface area contributed by atoms with E-state index in [9.17, 15) is 14.4 Å². The molecular formula is C12H14ClN3O4. The molecule has 0 heterocycles. The van der Waals surface area contributed by atoms with E-state index in [0.717, 1.165) is 10.5 Å². The van der Waals surface area contributed by atoms with Crippen LogP contribution in [0.25, 0.3) is 0 Å². The lowest BCUT2D eigenvalue weighted by molar-refractivity contribution is -0.137. The van der Waals surface area contributed by atoms with Crippen molar-refractivity contribution >= 4 is 29.5 Å². The zero-order valence-electron chi connectivity index (χ0n) is 10.5. The van der Waals surface area contributed by atoms with Crippen molar-refractivity contribution < 1.29 is 19.5 Å². The first-order valence-electron chi connectivity index (χ1n) is 5.66. The average molecular weight is 300 g/mol. The predicted octanol–water partition coefficient (Wildman–Crippen LogP) is 0.422. The van der Waals surface area contributed by atoms with Crippen molar-refractivity contribution in [3.8, 4) is 0 Å². The van der Waals surface area contributed by atoms with Gasteiger partial charge >= 0.3 is 12.0 Å². The van der Waals surface area contributed by atoms with Crippen LogP contribution in [-0.2, 0) is 16.1 Å². The van der Waals surface area contributed by atoms with Gasteiger partial charge in [-0.15, -0.1) is 0 Å². The van der Waals surface area contributed by atoms with Crippen LogP contribution in [0.3, 0.4) is 0 Å². The summed E-state index contributed by atoms with van der Waals surface area (Å²) >= 11 is 5.80. The lowest BCUT2D eigenvalue weighted by atomic mass is 10.2. The second-order valence-electron chi connectivity index (χ2n) is 4.00. The molecular weight excluding hydrogens is 286 g/mol. The molecule has 1 aromatic carbocycles. The first-order valence-corrected chi connectivity index (χ1v) is 6.03. The maximum Gasteiger partial charge on any atom is 0.323 e. The van der Waals surface area contributed by atoms with Crippen LogP contribution in [0.4, 0.5) is 4.79 Å². The zero-order valence-corrected chi connectivity index (χ0v) is 11.3. The summed E-state index contributed by atoms with van der Waals surface area (Å²) in [6.07, 6.45) is 0. The number of rotatable bonds is 6. The molecule has 0 spiro atoms. The van der Waals surface area contributed by atoms with Gasteiger partial charge in [0.25, 0.3) is 0 Å². The van der Waals surface area contributed by atoms with E-state index in [4.69, 9.17) is 22.4 Å². The molecule has 0 saturated heterocycles. The topological polar surface area (TPSA) is 113 Å². The quantitative estimate of drug-likeness (QED) is 0.706. The van der Waals surface area contributed by atoms with Crippen LogP contribution in [0.1, 0.15) is 5.56 Å².